The van der Waals surface area contributed by atoms with Crippen LogP contribution in [-0.4, -0.2) is 37.7 Å². The fourth-order valence-electron chi connectivity index (χ4n) is 1.84. The Morgan fingerprint density at radius 1 is 1.18 bits per heavy atom. The average Bonchev–Trinajstić information content (AvgIpc) is 2.51. The lowest BCUT2D eigenvalue weighted by atomic mass is 10.1. The van der Waals surface area contributed by atoms with Crippen LogP contribution in [0.25, 0.3) is 0 Å². The van der Waals surface area contributed by atoms with Crippen molar-refractivity contribution in [2.24, 2.45) is 4.99 Å². The van der Waals surface area contributed by atoms with E-state index >= 15 is 0 Å². The second-order valence-corrected chi connectivity index (χ2v) is 5.51. The molecular weight excluding hydrogens is 409 g/mol. The first-order valence-corrected chi connectivity index (χ1v) is 8.86. The van der Waals surface area contributed by atoms with Gasteiger partial charge < -0.3 is 15.4 Å². The summed E-state index contributed by atoms with van der Waals surface area (Å²) in [6.45, 7) is 7.93. The lowest BCUT2D eigenvalue weighted by Crippen LogP contribution is -2.38. The molecule has 2 N–H and O–H groups in total. The molecule has 0 unspecified atom stereocenters. The second kappa shape index (κ2) is 14.1. The number of benzene rings is 1. The maximum absolute atomic E-state index is 5.51. The smallest absolute Gasteiger partial charge is 0.191 e. The first kappa shape index (κ1) is 21.5. The molecule has 126 valence electrons. The summed E-state index contributed by atoms with van der Waals surface area (Å²) in [6.07, 6.45) is 2.11. The average molecular weight is 437 g/mol. The van der Waals surface area contributed by atoms with Gasteiger partial charge in [-0.3, -0.25) is 0 Å². The number of halogens is 1. The Labute approximate surface area is 155 Å². The molecule has 4 nitrogen and oxygen atoms in total. The van der Waals surface area contributed by atoms with E-state index in [0.717, 1.165) is 31.4 Å². The van der Waals surface area contributed by atoms with Crippen molar-refractivity contribution in [2.75, 3.05) is 31.7 Å². The van der Waals surface area contributed by atoms with Gasteiger partial charge in [0.25, 0.3) is 0 Å². The fraction of sp³-hybridized carbons (Fsp3) is 0.562. The van der Waals surface area contributed by atoms with E-state index in [4.69, 9.17) is 4.74 Å². The van der Waals surface area contributed by atoms with Crippen molar-refractivity contribution in [3.8, 4) is 0 Å². The Morgan fingerprint density at radius 2 is 1.91 bits per heavy atom. The van der Waals surface area contributed by atoms with Crippen LogP contribution in [0.4, 0.5) is 0 Å². The SMILES string of the molecule is CCNC(=NCc1ccccc1COCC)NCCSC.I. The highest BCUT2D eigenvalue weighted by Crippen LogP contribution is 2.11. The van der Waals surface area contributed by atoms with Crippen molar-refractivity contribution in [1.29, 1.82) is 0 Å². The summed E-state index contributed by atoms with van der Waals surface area (Å²) >= 11 is 1.83. The number of hydrogen-bond acceptors (Lipinski definition) is 3. The summed E-state index contributed by atoms with van der Waals surface area (Å²) in [5.74, 6) is 1.95. The van der Waals surface area contributed by atoms with Crippen LogP contribution in [0.5, 0.6) is 0 Å². The van der Waals surface area contributed by atoms with E-state index in [-0.39, 0.29) is 24.0 Å². The molecule has 0 radical (unpaired) electrons. The standard InChI is InChI=1S/C16H27N3OS.HI/c1-4-17-16(18-10-11-21-3)19-12-14-8-6-7-9-15(14)13-20-5-2;/h6-9H,4-5,10-13H2,1-3H3,(H2,17,18,19);1H. The highest BCUT2D eigenvalue weighted by atomic mass is 127. The van der Waals surface area contributed by atoms with Crippen LogP contribution in [0.2, 0.25) is 0 Å². The third-order valence-electron chi connectivity index (χ3n) is 2.93. The molecule has 1 aromatic rings. The topological polar surface area (TPSA) is 45.7 Å². The second-order valence-electron chi connectivity index (χ2n) is 4.52. The minimum absolute atomic E-state index is 0. The molecule has 0 heterocycles. The predicted molar refractivity (Wildman–Crippen MR) is 108 cm³/mol. The van der Waals surface area contributed by atoms with Gasteiger partial charge in [0, 0.05) is 25.4 Å². The monoisotopic (exact) mass is 437 g/mol. The van der Waals surface area contributed by atoms with Crippen molar-refractivity contribution in [3.63, 3.8) is 0 Å². The van der Waals surface area contributed by atoms with Crippen molar-refractivity contribution in [3.05, 3.63) is 35.4 Å². The van der Waals surface area contributed by atoms with Crippen molar-refractivity contribution >= 4 is 41.7 Å². The number of nitrogens with zero attached hydrogens (tertiary/aromatic N) is 1. The van der Waals surface area contributed by atoms with Gasteiger partial charge in [-0.1, -0.05) is 24.3 Å². The van der Waals surface area contributed by atoms with Gasteiger partial charge in [-0.2, -0.15) is 11.8 Å². The molecule has 0 aliphatic heterocycles. The number of nitrogens with one attached hydrogen (secondary N) is 2. The van der Waals surface area contributed by atoms with Crippen molar-refractivity contribution in [2.45, 2.75) is 27.0 Å². The predicted octanol–water partition coefficient (Wildman–Crippen LogP) is 3.26. The van der Waals surface area contributed by atoms with Gasteiger partial charge in [-0.05, 0) is 31.2 Å². The van der Waals surface area contributed by atoms with Crippen molar-refractivity contribution in [1.82, 2.24) is 10.6 Å². The minimum Gasteiger partial charge on any atom is -0.377 e. The zero-order valence-corrected chi connectivity index (χ0v) is 16.9. The molecule has 0 saturated heterocycles. The molecule has 0 spiro atoms. The van der Waals surface area contributed by atoms with E-state index in [1.165, 1.54) is 11.1 Å². The van der Waals surface area contributed by atoms with Gasteiger partial charge in [0.05, 0.1) is 13.2 Å². The summed E-state index contributed by atoms with van der Waals surface area (Å²) in [4.78, 5) is 4.65. The lowest BCUT2D eigenvalue weighted by Gasteiger charge is -2.12. The van der Waals surface area contributed by atoms with E-state index in [1.54, 1.807) is 0 Å². The first-order valence-electron chi connectivity index (χ1n) is 7.47. The number of hydrogen-bond donors (Lipinski definition) is 2. The normalized spacial score (nSPS) is 11.0. The first-order chi connectivity index (χ1) is 10.3. The number of guanidine groups is 1. The largest absolute Gasteiger partial charge is 0.377 e. The van der Waals surface area contributed by atoms with Crippen LogP contribution >= 0.6 is 35.7 Å². The van der Waals surface area contributed by atoms with Gasteiger partial charge in [0.15, 0.2) is 5.96 Å². The van der Waals surface area contributed by atoms with Crippen LogP contribution in [0, 0.1) is 0 Å². The zero-order chi connectivity index (χ0) is 15.3. The van der Waals surface area contributed by atoms with Crippen LogP contribution in [0.3, 0.4) is 0 Å². The summed E-state index contributed by atoms with van der Waals surface area (Å²) in [6, 6.07) is 8.32. The van der Waals surface area contributed by atoms with Crippen LogP contribution < -0.4 is 10.6 Å². The number of ether oxygens (including phenoxy) is 1. The molecule has 0 amide bonds. The van der Waals surface area contributed by atoms with Gasteiger partial charge in [-0.25, -0.2) is 4.99 Å². The molecule has 0 atom stereocenters. The molecule has 0 saturated carbocycles. The summed E-state index contributed by atoms with van der Waals surface area (Å²) in [5.41, 5.74) is 2.43. The Balaban J connectivity index is 0.00000441. The molecule has 6 heteroatoms. The molecule has 22 heavy (non-hydrogen) atoms. The third-order valence-corrected chi connectivity index (χ3v) is 3.54. The van der Waals surface area contributed by atoms with Crippen LogP contribution in [-0.2, 0) is 17.9 Å². The Morgan fingerprint density at radius 3 is 2.55 bits per heavy atom. The highest BCUT2D eigenvalue weighted by molar-refractivity contribution is 14.0. The molecule has 0 aromatic heterocycles. The molecule has 0 fully saturated rings. The Bertz CT molecular complexity index is 430. The van der Waals surface area contributed by atoms with Gasteiger partial charge in [0.1, 0.15) is 0 Å². The van der Waals surface area contributed by atoms with Gasteiger partial charge in [0.2, 0.25) is 0 Å². The van der Waals surface area contributed by atoms with E-state index < -0.39 is 0 Å². The molecule has 1 rings (SSSR count). The van der Waals surface area contributed by atoms with Crippen molar-refractivity contribution < 1.29 is 4.74 Å². The molecule has 0 bridgehead atoms. The minimum atomic E-state index is 0. The van der Waals surface area contributed by atoms with Gasteiger partial charge in [-0.15, -0.1) is 24.0 Å². The van der Waals surface area contributed by atoms with Crippen LogP contribution in [0.1, 0.15) is 25.0 Å². The molecule has 0 aliphatic carbocycles. The molecular formula is C16H28IN3OS. The molecule has 1 aromatic carbocycles. The summed E-state index contributed by atoms with van der Waals surface area (Å²) in [7, 11) is 0. The van der Waals surface area contributed by atoms with E-state index in [9.17, 15) is 0 Å². The molecule has 0 aliphatic rings. The van der Waals surface area contributed by atoms with Gasteiger partial charge >= 0.3 is 0 Å². The zero-order valence-electron chi connectivity index (χ0n) is 13.7. The maximum Gasteiger partial charge on any atom is 0.191 e. The number of thioether (sulfide) groups is 1. The van der Waals surface area contributed by atoms with E-state index in [0.29, 0.717) is 13.2 Å². The maximum atomic E-state index is 5.51. The number of rotatable bonds is 9. The Kier molecular flexibility index (Phi) is 13.8. The summed E-state index contributed by atoms with van der Waals surface area (Å²) in [5, 5.41) is 6.61. The third kappa shape index (κ3) is 8.85. The lowest BCUT2D eigenvalue weighted by molar-refractivity contribution is 0.133. The summed E-state index contributed by atoms with van der Waals surface area (Å²) < 4.78 is 5.51. The fourth-order valence-corrected chi connectivity index (χ4v) is 2.15. The Hall–Kier alpha value is -0.470. The van der Waals surface area contributed by atoms with E-state index in [1.807, 2.05) is 30.8 Å². The van der Waals surface area contributed by atoms with Crippen LogP contribution in [0.15, 0.2) is 29.3 Å². The van der Waals surface area contributed by atoms with E-state index in [2.05, 4.69) is 40.9 Å². The quantitative estimate of drug-likeness (QED) is 0.270. The number of aliphatic imine (C=N–C) groups is 1. The highest BCUT2D eigenvalue weighted by Gasteiger charge is 2.02.